The lowest BCUT2D eigenvalue weighted by Crippen LogP contribution is -2.36. The summed E-state index contributed by atoms with van der Waals surface area (Å²) < 4.78 is 32.5. The largest absolute Gasteiger partial charge is 0.378 e. The summed E-state index contributed by atoms with van der Waals surface area (Å²) >= 11 is 0. The van der Waals surface area contributed by atoms with E-state index < -0.39 is 10.0 Å². The molecule has 5 nitrogen and oxygen atoms in total. The van der Waals surface area contributed by atoms with Crippen LogP contribution in [0.25, 0.3) is 0 Å². The summed E-state index contributed by atoms with van der Waals surface area (Å²) in [6.45, 7) is 3.20. The van der Waals surface area contributed by atoms with Gasteiger partial charge in [-0.15, -0.1) is 0 Å². The number of ether oxygens (including phenoxy) is 1. The van der Waals surface area contributed by atoms with E-state index in [4.69, 9.17) is 4.74 Å². The summed E-state index contributed by atoms with van der Waals surface area (Å²) in [5.41, 5.74) is 2.86. The highest BCUT2D eigenvalue weighted by atomic mass is 32.2. The Morgan fingerprint density at radius 1 is 0.960 bits per heavy atom. The Bertz CT molecular complexity index is 755. The van der Waals surface area contributed by atoms with Crippen LogP contribution in [0.1, 0.15) is 12.0 Å². The van der Waals surface area contributed by atoms with E-state index in [0.29, 0.717) is 12.1 Å². The van der Waals surface area contributed by atoms with Crippen molar-refractivity contribution in [3.8, 4) is 0 Å². The molecule has 1 aliphatic heterocycles. The Kier molecular flexibility index (Phi) is 5.94. The topological polar surface area (TPSA) is 58.6 Å². The Morgan fingerprint density at radius 3 is 2.32 bits per heavy atom. The Hall–Kier alpha value is -2.05. The first-order valence-corrected chi connectivity index (χ1v) is 10.2. The summed E-state index contributed by atoms with van der Waals surface area (Å²) in [6, 6.07) is 17.5. The van der Waals surface area contributed by atoms with Gasteiger partial charge in [0.25, 0.3) is 0 Å². The van der Waals surface area contributed by atoms with Crippen molar-refractivity contribution in [3.05, 3.63) is 60.2 Å². The number of nitrogens with zero attached hydrogens (tertiary/aromatic N) is 1. The lowest BCUT2D eigenvalue weighted by Gasteiger charge is -2.28. The second-order valence-electron chi connectivity index (χ2n) is 6.16. The first-order valence-electron chi connectivity index (χ1n) is 8.60. The van der Waals surface area contributed by atoms with Gasteiger partial charge in [0.05, 0.1) is 19.0 Å². The Labute approximate surface area is 149 Å². The number of anilines is 2. The van der Waals surface area contributed by atoms with E-state index in [2.05, 4.69) is 9.62 Å². The first kappa shape index (κ1) is 17.8. The van der Waals surface area contributed by atoms with E-state index in [0.717, 1.165) is 44.0 Å². The molecule has 0 aromatic heterocycles. The third-order valence-electron chi connectivity index (χ3n) is 4.24. The highest BCUT2D eigenvalue weighted by Gasteiger charge is 2.13. The van der Waals surface area contributed by atoms with Gasteiger partial charge in [-0.05, 0) is 42.7 Å². The third-order valence-corrected chi connectivity index (χ3v) is 5.61. The van der Waals surface area contributed by atoms with Crippen LogP contribution in [0.5, 0.6) is 0 Å². The van der Waals surface area contributed by atoms with Gasteiger partial charge in [-0.1, -0.05) is 30.3 Å². The standard InChI is InChI=1S/C19H24N2O3S/c22-25(23,16-4-7-17-5-2-1-3-6-17)20-18-8-10-19(11-9-18)21-12-14-24-15-13-21/h1-3,5-6,8-11,20H,4,7,12-16H2. The maximum absolute atomic E-state index is 12.2. The van der Waals surface area contributed by atoms with Crippen LogP contribution in [-0.2, 0) is 21.2 Å². The van der Waals surface area contributed by atoms with Crippen LogP contribution in [0.3, 0.4) is 0 Å². The van der Waals surface area contributed by atoms with Crippen LogP contribution >= 0.6 is 0 Å². The van der Waals surface area contributed by atoms with Crippen LogP contribution in [0.2, 0.25) is 0 Å². The molecule has 0 radical (unpaired) electrons. The highest BCUT2D eigenvalue weighted by Crippen LogP contribution is 2.20. The number of benzene rings is 2. The van der Waals surface area contributed by atoms with Gasteiger partial charge in [0, 0.05) is 24.5 Å². The number of rotatable bonds is 7. The number of hydrogen-bond acceptors (Lipinski definition) is 4. The van der Waals surface area contributed by atoms with Gasteiger partial charge in [0.15, 0.2) is 0 Å². The van der Waals surface area contributed by atoms with Crippen molar-refractivity contribution in [2.75, 3.05) is 41.7 Å². The minimum atomic E-state index is -3.33. The average Bonchev–Trinajstić information content (AvgIpc) is 2.63. The quantitative estimate of drug-likeness (QED) is 0.825. The molecule has 0 spiro atoms. The molecule has 1 fully saturated rings. The number of nitrogens with one attached hydrogen (secondary N) is 1. The van der Waals surface area contributed by atoms with Crippen molar-refractivity contribution in [2.45, 2.75) is 12.8 Å². The lowest BCUT2D eigenvalue weighted by molar-refractivity contribution is 0.122. The average molecular weight is 360 g/mol. The fourth-order valence-corrected chi connectivity index (χ4v) is 4.03. The molecule has 0 unspecified atom stereocenters. The van der Waals surface area contributed by atoms with Crippen LogP contribution in [0, 0.1) is 0 Å². The molecule has 1 saturated heterocycles. The number of morpholine rings is 1. The van der Waals surface area contributed by atoms with Crippen molar-refractivity contribution in [1.29, 1.82) is 0 Å². The zero-order valence-corrected chi connectivity index (χ0v) is 15.0. The predicted molar refractivity (Wildman–Crippen MR) is 102 cm³/mol. The molecule has 0 amide bonds. The number of hydrogen-bond donors (Lipinski definition) is 1. The molecular weight excluding hydrogens is 336 g/mol. The molecule has 1 N–H and O–H groups in total. The molecule has 3 rings (SSSR count). The molecule has 0 aliphatic carbocycles. The molecule has 0 atom stereocenters. The van der Waals surface area contributed by atoms with E-state index in [1.807, 2.05) is 54.6 Å². The summed E-state index contributed by atoms with van der Waals surface area (Å²) in [7, 11) is -3.33. The fraction of sp³-hybridized carbons (Fsp3) is 0.368. The zero-order valence-electron chi connectivity index (χ0n) is 14.2. The van der Waals surface area contributed by atoms with E-state index in [1.165, 1.54) is 0 Å². The van der Waals surface area contributed by atoms with Gasteiger partial charge in [0.1, 0.15) is 0 Å². The third kappa shape index (κ3) is 5.47. The van der Waals surface area contributed by atoms with Crippen molar-refractivity contribution >= 4 is 21.4 Å². The monoisotopic (exact) mass is 360 g/mol. The molecule has 2 aromatic carbocycles. The van der Waals surface area contributed by atoms with Gasteiger partial charge < -0.3 is 9.64 Å². The van der Waals surface area contributed by atoms with E-state index in [1.54, 1.807) is 0 Å². The normalized spacial score (nSPS) is 15.1. The van der Waals surface area contributed by atoms with Crippen LogP contribution in [-0.4, -0.2) is 40.5 Å². The maximum Gasteiger partial charge on any atom is 0.232 e. The number of sulfonamides is 1. The fourth-order valence-electron chi connectivity index (χ4n) is 2.90. The molecule has 25 heavy (non-hydrogen) atoms. The van der Waals surface area contributed by atoms with Gasteiger partial charge >= 0.3 is 0 Å². The van der Waals surface area contributed by atoms with Crippen molar-refractivity contribution in [2.24, 2.45) is 0 Å². The van der Waals surface area contributed by atoms with Crippen molar-refractivity contribution in [1.82, 2.24) is 0 Å². The van der Waals surface area contributed by atoms with E-state index in [9.17, 15) is 8.42 Å². The van der Waals surface area contributed by atoms with Gasteiger partial charge in [-0.2, -0.15) is 0 Å². The summed E-state index contributed by atoms with van der Waals surface area (Å²) in [5.74, 6) is 0.118. The highest BCUT2D eigenvalue weighted by molar-refractivity contribution is 7.92. The SMILES string of the molecule is O=S(=O)(CCCc1ccccc1)Nc1ccc(N2CCOCC2)cc1. The molecule has 0 saturated carbocycles. The van der Waals surface area contributed by atoms with Crippen LogP contribution in [0.15, 0.2) is 54.6 Å². The molecule has 134 valence electrons. The van der Waals surface area contributed by atoms with E-state index >= 15 is 0 Å². The minimum Gasteiger partial charge on any atom is -0.378 e. The van der Waals surface area contributed by atoms with Crippen molar-refractivity contribution in [3.63, 3.8) is 0 Å². The summed E-state index contributed by atoms with van der Waals surface area (Å²) in [5, 5.41) is 0. The predicted octanol–water partition coefficient (Wildman–Crippen LogP) is 2.90. The molecule has 2 aromatic rings. The smallest absolute Gasteiger partial charge is 0.232 e. The number of aryl methyl sites for hydroxylation is 1. The van der Waals surface area contributed by atoms with Gasteiger partial charge in [0.2, 0.25) is 10.0 Å². The lowest BCUT2D eigenvalue weighted by atomic mass is 10.1. The second-order valence-corrected chi connectivity index (χ2v) is 8.00. The zero-order chi connectivity index (χ0) is 17.5. The molecule has 1 aliphatic rings. The minimum absolute atomic E-state index is 0.118. The molecular formula is C19H24N2O3S. The second kappa shape index (κ2) is 8.36. The van der Waals surface area contributed by atoms with Gasteiger partial charge in [-0.25, -0.2) is 8.42 Å². The summed E-state index contributed by atoms with van der Waals surface area (Å²) in [4.78, 5) is 2.24. The van der Waals surface area contributed by atoms with Crippen molar-refractivity contribution < 1.29 is 13.2 Å². The van der Waals surface area contributed by atoms with Gasteiger partial charge in [-0.3, -0.25) is 4.72 Å². The van der Waals surface area contributed by atoms with E-state index in [-0.39, 0.29) is 5.75 Å². The molecule has 6 heteroatoms. The Balaban J connectivity index is 1.51. The molecule has 1 heterocycles. The van der Waals surface area contributed by atoms with Crippen LogP contribution < -0.4 is 9.62 Å². The Morgan fingerprint density at radius 2 is 1.64 bits per heavy atom. The van der Waals surface area contributed by atoms with Crippen LogP contribution in [0.4, 0.5) is 11.4 Å². The summed E-state index contributed by atoms with van der Waals surface area (Å²) in [6.07, 6.45) is 1.36. The molecule has 0 bridgehead atoms. The first-order chi connectivity index (χ1) is 12.1. The maximum atomic E-state index is 12.2.